The van der Waals surface area contributed by atoms with Crippen LogP contribution in [0.25, 0.3) is 0 Å². The molecule has 112 valence electrons. The van der Waals surface area contributed by atoms with Crippen LogP contribution in [-0.4, -0.2) is 24.4 Å². The van der Waals surface area contributed by atoms with Crippen molar-refractivity contribution in [2.45, 2.75) is 6.10 Å². The second-order valence-corrected chi connectivity index (χ2v) is 5.27. The molecule has 0 fully saturated rings. The maximum absolute atomic E-state index is 12.7. The highest BCUT2D eigenvalue weighted by atomic mass is 35.5. The monoisotopic (exact) mass is 329 g/mol. The van der Waals surface area contributed by atoms with Crippen LogP contribution >= 0.6 is 23.2 Å². The molecule has 0 aromatic heterocycles. The van der Waals surface area contributed by atoms with Gasteiger partial charge in [0.15, 0.2) is 0 Å². The Balaban J connectivity index is 1.79. The molecule has 2 aromatic carbocycles. The number of rotatable bonds is 6. The highest BCUT2D eigenvalue weighted by Gasteiger charge is 2.07. The minimum atomic E-state index is -0.734. The Hall–Kier alpha value is -1.49. The second-order valence-electron chi connectivity index (χ2n) is 4.42. The largest absolute Gasteiger partial charge is 0.491 e. The van der Waals surface area contributed by atoms with E-state index in [-0.39, 0.29) is 19.0 Å². The van der Waals surface area contributed by atoms with Crippen LogP contribution in [0.15, 0.2) is 42.5 Å². The Bertz CT molecular complexity index is 593. The van der Waals surface area contributed by atoms with E-state index in [1.165, 1.54) is 24.3 Å². The molecule has 0 saturated heterocycles. The van der Waals surface area contributed by atoms with Crippen LogP contribution in [0.2, 0.25) is 10.0 Å². The highest BCUT2D eigenvalue weighted by Crippen LogP contribution is 2.25. The van der Waals surface area contributed by atoms with E-state index in [0.29, 0.717) is 21.5 Å². The molecule has 0 heterocycles. The minimum absolute atomic E-state index is 0.0871. The van der Waals surface area contributed by atoms with E-state index in [2.05, 4.69) is 5.32 Å². The fraction of sp³-hybridized carbons (Fsp3) is 0.200. The van der Waals surface area contributed by atoms with Gasteiger partial charge in [-0.1, -0.05) is 23.2 Å². The first-order valence-corrected chi connectivity index (χ1v) is 7.05. The third-order valence-electron chi connectivity index (χ3n) is 2.72. The SMILES string of the molecule is OC(CNc1ccc(Cl)cc1Cl)COc1ccc(F)cc1. The molecule has 0 saturated carbocycles. The summed E-state index contributed by atoms with van der Waals surface area (Å²) in [5.41, 5.74) is 0.682. The van der Waals surface area contributed by atoms with Gasteiger partial charge in [-0.3, -0.25) is 0 Å². The fourth-order valence-electron chi connectivity index (χ4n) is 1.64. The third kappa shape index (κ3) is 5.08. The summed E-state index contributed by atoms with van der Waals surface area (Å²) in [4.78, 5) is 0. The van der Waals surface area contributed by atoms with Crippen LogP contribution in [0.3, 0.4) is 0 Å². The molecule has 1 atom stereocenters. The van der Waals surface area contributed by atoms with Crippen molar-refractivity contribution >= 4 is 28.9 Å². The summed E-state index contributed by atoms with van der Waals surface area (Å²) in [7, 11) is 0. The number of halogens is 3. The predicted octanol–water partition coefficient (Wildman–Crippen LogP) is 3.98. The molecule has 3 nitrogen and oxygen atoms in total. The van der Waals surface area contributed by atoms with Crippen molar-refractivity contribution in [2.24, 2.45) is 0 Å². The van der Waals surface area contributed by atoms with Gasteiger partial charge < -0.3 is 15.2 Å². The molecule has 0 aliphatic carbocycles. The van der Waals surface area contributed by atoms with Gasteiger partial charge in [0, 0.05) is 11.6 Å². The number of benzene rings is 2. The Morgan fingerprint density at radius 3 is 2.52 bits per heavy atom. The maximum Gasteiger partial charge on any atom is 0.123 e. The lowest BCUT2D eigenvalue weighted by Gasteiger charge is -2.15. The lowest BCUT2D eigenvalue weighted by molar-refractivity contribution is 0.117. The zero-order chi connectivity index (χ0) is 15.2. The van der Waals surface area contributed by atoms with Gasteiger partial charge in [-0.2, -0.15) is 0 Å². The predicted molar refractivity (Wildman–Crippen MR) is 82.9 cm³/mol. The summed E-state index contributed by atoms with van der Waals surface area (Å²) in [6.07, 6.45) is -0.734. The van der Waals surface area contributed by atoms with Crippen molar-refractivity contribution in [1.82, 2.24) is 0 Å². The van der Waals surface area contributed by atoms with Gasteiger partial charge in [0.25, 0.3) is 0 Å². The minimum Gasteiger partial charge on any atom is -0.491 e. The van der Waals surface area contributed by atoms with Gasteiger partial charge in [0.1, 0.15) is 24.3 Å². The van der Waals surface area contributed by atoms with Crippen LogP contribution in [0.5, 0.6) is 5.75 Å². The summed E-state index contributed by atoms with van der Waals surface area (Å²) in [6, 6.07) is 10.7. The first-order chi connectivity index (χ1) is 10.0. The van der Waals surface area contributed by atoms with Gasteiger partial charge >= 0.3 is 0 Å². The fourth-order valence-corrected chi connectivity index (χ4v) is 2.12. The standard InChI is InChI=1S/C15H14Cl2FNO2/c16-10-1-6-15(14(17)7-10)19-8-12(20)9-21-13-4-2-11(18)3-5-13/h1-7,12,19-20H,8-9H2. The number of hydrogen-bond donors (Lipinski definition) is 2. The summed E-state index contributed by atoms with van der Waals surface area (Å²) < 4.78 is 18.1. The van der Waals surface area contributed by atoms with Crippen LogP contribution < -0.4 is 10.1 Å². The highest BCUT2D eigenvalue weighted by molar-refractivity contribution is 6.36. The van der Waals surface area contributed by atoms with E-state index in [9.17, 15) is 9.50 Å². The summed E-state index contributed by atoms with van der Waals surface area (Å²) in [6.45, 7) is 0.354. The van der Waals surface area contributed by atoms with E-state index in [1.54, 1.807) is 18.2 Å². The molecule has 0 radical (unpaired) electrons. The molecule has 0 aliphatic heterocycles. The summed E-state index contributed by atoms with van der Waals surface area (Å²) in [5, 5.41) is 13.9. The van der Waals surface area contributed by atoms with Gasteiger partial charge in [0.2, 0.25) is 0 Å². The molecule has 2 N–H and O–H groups in total. The number of aliphatic hydroxyl groups is 1. The van der Waals surface area contributed by atoms with Crippen molar-refractivity contribution < 1.29 is 14.2 Å². The normalized spacial score (nSPS) is 12.0. The number of anilines is 1. The Kier molecular flexibility index (Phi) is 5.67. The third-order valence-corrected chi connectivity index (χ3v) is 3.26. The average Bonchev–Trinajstić information content (AvgIpc) is 2.46. The zero-order valence-corrected chi connectivity index (χ0v) is 12.5. The molecule has 21 heavy (non-hydrogen) atoms. The van der Waals surface area contributed by atoms with Crippen molar-refractivity contribution in [3.05, 3.63) is 58.3 Å². The lowest BCUT2D eigenvalue weighted by Crippen LogP contribution is -2.26. The van der Waals surface area contributed by atoms with Crippen molar-refractivity contribution in [2.75, 3.05) is 18.5 Å². The van der Waals surface area contributed by atoms with Gasteiger partial charge in [0.05, 0.1) is 10.7 Å². The van der Waals surface area contributed by atoms with Gasteiger partial charge in [-0.15, -0.1) is 0 Å². The molecular formula is C15H14Cl2FNO2. The smallest absolute Gasteiger partial charge is 0.123 e. The Morgan fingerprint density at radius 1 is 1.14 bits per heavy atom. The van der Waals surface area contributed by atoms with Crippen molar-refractivity contribution in [1.29, 1.82) is 0 Å². The molecule has 0 amide bonds. The van der Waals surface area contributed by atoms with Gasteiger partial charge in [-0.25, -0.2) is 4.39 Å². The van der Waals surface area contributed by atoms with E-state index in [1.807, 2.05) is 0 Å². The maximum atomic E-state index is 12.7. The number of hydrogen-bond acceptors (Lipinski definition) is 3. The summed E-state index contributed by atoms with van der Waals surface area (Å²) >= 11 is 11.8. The van der Waals surface area contributed by atoms with Crippen molar-refractivity contribution in [3.63, 3.8) is 0 Å². The molecule has 1 unspecified atom stereocenters. The topological polar surface area (TPSA) is 41.5 Å². The molecule has 0 aliphatic rings. The average molecular weight is 330 g/mol. The number of aliphatic hydroxyl groups excluding tert-OH is 1. The van der Waals surface area contributed by atoms with E-state index in [0.717, 1.165) is 0 Å². The van der Waals surface area contributed by atoms with E-state index in [4.69, 9.17) is 27.9 Å². The van der Waals surface area contributed by atoms with Crippen LogP contribution in [0.1, 0.15) is 0 Å². The lowest BCUT2D eigenvalue weighted by atomic mass is 10.3. The number of ether oxygens (including phenoxy) is 1. The molecular weight excluding hydrogens is 316 g/mol. The second kappa shape index (κ2) is 7.50. The van der Waals surface area contributed by atoms with E-state index >= 15 is 0 Å². The van der Waals surface area contributed by atoms with Gasteiger partial charge in [-0.05, 0) is 42.5 Å². The molecule has 0 spiro atoms. The Labute approximate surface area is 132 Å². The quantitative estimate of drug-likeness (QED) is 0.842. The molecule has 2 aromatic rings. The molecule has 2 rings (SSSR count). The van der Waals surface area contributed by atoms with Crippen molar-refractivity contribution in [3.8, 4) is 5.75 Å². The van der Waals surface area contributed by atoms with E-state index < -0.39 is 6.10 Å². The molecule has 6 heteroatoms. The molecule has 0 bridgehead atoms. The number of nitrogens with one attached hydrogen (secondary N) is 1. The zero-order valence-electron chi connectivity index (χ0n) is 11.0. The Morgan fingerprint density at radius 2 is 1.86 bits per heavy atom. The van der Waals surface area contributed by atoms with Crippen LogP contribution in [0.4, 0.5) is 10.1 Å². The van der Waals surface area contributed by atoms with Crippen LogP contribution in [-0.2, 0) is 0 Å². The summed E-state index contributed by atoms with van der Waals surface area (Å²) in [5.74, 6) is 0.168. The first-order valence-electron chi connectivity index (χ1n) is 6.30. The first kappa shape index (κ1) is 15.9. The van der Waals surface area contributed by atoms with Crippen LogP contribution in [0, 0.1) is 5.82 Å².